The number of nitriles is 1. The van der Waals surface area contributed by atoms with Crippen molar-refractivity contribution in [2.24, 2.45) is 0 Å². The van der Waals surface area contributed by atoms with Gasteiger partial charge in [-0.05, 0) is 18.2 Å². The van der Waals surface area contributed by atoms with Crippen LogP contribution in [0.5, 0.6) is 5.75 Å². The Morgan fingerprint density at radius 1 is 1.22 bits per heavy atom. The van der Waals surface area contributed by atoms with Gasteiger partial charge < -0.3 is 4.74 Å². The van der Waals surface area contributed by atoms with Gasteiger partial charge in [-0.15, -0.1) is 0 Å². The number of benzene rings is 2. The maximum atomic E-state index is 13.1. The largest absolute Gasteiger partial charge is 0.483 e. The van der Waals surface area contributed by atoms with Crippen LogP contribution in [0, 0.1) is 21.4 Å². The number of hydrogen-bond donors (Lipinski definition) is 0. The average Bonchev–Trinajstić information content (AvgIpc) is 2.64. The fourth-order valence-corrected chi connectivity index (χ4v) is 2.20. The van der Waals surface area contributed by atoms with E-state index in [2.05, 4.69) is 0 Å². The molecule has 0 aliphatic rings. The van der Waals surface area contributed by atoms with E-state index in [4.69, 9.17) is 10.00 Å². The number of nitro benzene ring substituents is 1. The molecule has 0 spiro atoms. The third-order valence-corrected chi connectivity index (χ3v) is 3.43. The predicted octanol–water partition coefficient (Wildman–Crippen LogP) is 3.55. The van der Waals surface area contributed by atoms with E-state index in [1.807, 2.05) is 0 Å². The Kier molecular flexibility index (Phi) is 5.97. The zero-order valence-corrected chi connectivity index (χ0v) is 13.6. The number of nitrogens with zero attached hydrogens (tertiary/aromatic N) is 3. The number of carbonyl (C=O) groups is 1. The van der Waals surface area contributed by atoms with Gasteiger partial charge in [0, 0.05) is 17.8 Å². The van der Waals surface area contributed by atoms with E-state index < -0.39 is 40.6 Å². The van der Waals surface area contributed by atoms with Crippen LogP contribution in [0.25, 0.3) is 0 Å². The number of alkyl halides is 3. The van der Waals surface area contributed by atoms with Gasteiger partial charge >= 0.3 is 6.18 Å². The Morgan fingerprint density at radius 3 is 2.44 bits per heavy atom. The van der Waals surface area contributed by atoms with Gasteiger partial charge in [0.2, 0.25) is 0 Å². The number of anilines is 1. The molecule has 0 fully saturated rings. The normalized spacial score (nSPS) is 10.7. The summed E-state index contributed by atoms with van der Waals surface area (Å²) in [4.78, 5) is 23.1. The summed E-state index contributed by atoms with van der Waals surface area (Å²) in [6.07, 6.45) is -4.91. The molecule has 0 aromatic heterocycles. The van der Waals surface area contributed by atoms with Crippen LogP contribution in [0.3, 0.4) is 0 Å². The first-order chi connectivity index (χ1) is 12.7. The summed E-state index contributed by atoms with van der Waals surface area (Å²) in [6, 6.07) is 11.8. The first kappa shape index (κ1) is 19.7. The highest BCUT2D eigenvalue weighted by atomic mass is 19.4. The number of non-ortho nitro benzene ring substituents is 1. The molecule has 10 heteroatoms. The Bertz CT molecular complexity index is 879. The van der Waals surface area contributed by atoms with Crippen LogP contribution in [0.15, 0.2) is 48.5 Å². The average molecular weight is 379 g/mol. The summed E-state index contributed by atoms with van der Waals surface area (Å²) in [5.74, 6) is -1.46. The van der Waals surface area contributed by atoms with E-state index in [-0.39, 0.29) is 6.54 Å². The minimum Gasteiger partial charge on any atom is -0.483 e. The molecule has 0 aliphatic carbocycles. The number of amides is 1. The van der Waals surface area contributed by atoms with Crippen LogP contribution < -0.4 is 9.64 Å². The second-order valence-corrected chi connectivity index (χ2v) is 5.20. The van der Waals surface area contributed by atoms with Crippen molar-refractivity contribution in [3.05, 3.63) is 64.2 Å². The molecular formula is C17H12F3N3O4. The van der Waals surface area contributed by atoms with Crippen molar-refractivity contribution in [1.29, 1.82) is 5.26 Å². The Morgan fingerprint density at radius 2 is 1.89 bits per heavy atom. The number of nitro groups is 1. The second-order valence-electron chi connectivity index (χ2n) is 5.20. The van der Waals surface area contributed by atoms with Gasteiger partial charge in [0.25, 0.3) is 11.6 Å². The molecule has 0 heterocycles. The molecule has 0 saturated heterocycles. The van der Waals surface area contributed by atoms with Gasteiger partial charge in [-0.25, -0.2) is 0 Å². The lowest BCUT2D eigenvalue weighted by molar-refractivity contribution is -0.385. The molecule has 0 N–H and O–H groups in total. The molecule has 2 aromatic rings. The molecule has 2 rings (SSSR count). The topological polar surface area (TPSA) is 96.5 Å². The van der Waals surface area contributed by atoms with Gasteiger partial charge in [0.05, 0.1) is 11.0 Å². The predicted molar refractivity (Wildman–Crippen MR) is 88.0 cm³/mol. The molecule has 1 amide bonds. The maximum Gasteiger partial charge on any atom is 0.420 e. The fraction of sp³-hybridized carbons (Fsp3) is 0.176. The molecule has 2 aromatic carbocycles. The van der Waals surface area contributed by atoms with E-state index in [0.29, 0.717) is 11.8 Å². The number of ether oxygens (including phenoxy) is 1. The molecule has 140 valence electrons. The van der Waals surface area contributed by atoms with Gasteiger partial charge in [0.1, 0.15) is 17.9 Å². The first-order valence-corrected chi connectivity index (χ1v) is 7.45. The van der Waals surface area contributed by atoms with Crippen molar-refractivity contribution >= 4 is 17.3 Å². The van der Waals surface area contributed by atoms with Crippen LogP contribution in [0.4, 0.5) is 24.5 Å². The molecule has 27 heavy (non-hydrogen) atoms. The summed E-state index contributed by atoms with van der Waals surface area (Å²) >= 11 is 0. The minimum atomic E-state index is -4.91. The highest BCUT2D eigenvalue weighted by Crippen LogP contribution is 2.38. The lowest BCUT2D eigenvalue weighted by Gasteiger charge is -2.20. The molecule has 0 radical (unpaired) electrons. The Balaban J connectivity index is 2.23. The van der Waals surface area contributed by atoms with Crippen molar-refractivity contribution in [1.82, 2.24) is 0 Å². The zero-order chi connectivity index (χ0) is 20.0. The summed E-state index contributed by atoms with van der Waals surface area (Å²) in [6.45, 7) is -1.10. The van der Waals surface area contributed by atoms with E-state index >= 15 is 0 Å². The fourth-order valence-electron chi connectivity index (χ4n) is 2.20. The highest BCUT2D eigenvalue weighted by Gasteiger charge is 2.36. The number of rotatable bonds is 6. The van der Waals surface area contributed by atoms with Gasteiger partial charge in [-0.1, -0.05) is 18.2 Å². The quantitative estimate of drug-likeness (QED) is 0.434. The number of para-hydroxylation sites is 1. The first-order valence-electron chi connectivity index (χ1n) is 7.45. The van der Waals surface area contributed by atoms with Crippen LogP contribution in [0.1, 0.15) is 5.56 Å². The molecule has 0 unspecified atom stereocenters. The van der Waals surface area contributed by atoms with Crippen molar-refractivity contribution in [2.75, 3.05) is 18.1 Å². The molecule has 7 nitrogen and oxygen atoms in total. The minimum absolute atomic E-state index is 0.321. The van der Waals surface area contributed by atoms with Crippen LogP contribution >= 0.6 is 0 Å². The van der Waals surface area contributed by atoms with Gasteiger partial charge in [0.15, 0.2) is 6.61 Å². The van der Waals surface area contributed by atoms with E-state index in [1.165, 1.54) is 0 Å². The lowest BCUT2D eigenvalue weighted by Crippen LogP contribution is -2.35. The summed E-state index contributed by atoms with van der Waals surface area (Å²) in [5.41, 5.74) is -1.74. The third kappa shape index (κ3) is 4.94. The summed E-state index contributed by atoms with van der Waals surface area (Å²) in [7, 11) is 0. The van der Waals surface area contributed by atoms with E-state index in [0.717, 1.165) is 17.0 Å². The van der Waals surface area contributed by atoms with Crippen molar-refractivity contribution in [2.45, 2.75) is 6.18 Å². The summed E-state index contributed by atoms with van der Waals surface area (Å²) < 4.78 is 44.3. The number of hydrogen-bond acceptors (Lipinski definition) is 5. The standard InChI is InChI=1S/C17H12F3N3O4/c18-17(19,20)14-10-13(23(25)26)6-7-15(14)27-11-16(24)22(9-8-21)12-4-2-1-3-5-12/h1-7,10H,9,11H2. The Hall–Kier alpha value is -3.61. The molecular weight excluding hydrogens is 367 g/mol. The van der Waals surface area contributed by atoms with E-state index in [9.17, 15) is 28.1 Å². The van der Waals surface area contributed by atoms with Crippen LogP contribution in [-0.4, -0.2) is 24.0 Å². The van der Waals surface area contributed by atoms with E-state index in [1.54, 1.807) is 36.4 Å². The second kappa shape index (κ2) is 8.18. The molecule has 0 atom stereocenters. The third-order valence-electron chi connectivity index (χ3n) is 3.43. The maximum absolute atomic E-state index is 13.1. The molecule has 0 bridgehead atoms. The summed E-state index contributed by atoms with van der Waals surface area (Å²) in [5, 5.41) is 19.5. The van der Waals surface area contributed by atoms with Crippen molar-refractivity contribution in [3.63, 3.8) is 0 Å². The zero-order valence-electron chi connectivity index (χ0n) is 13.6. The van der Waals surface area contributed by atoms with Gasteiger partial charge in [-0.3, -0.25) is 19.8 Å². The van der Waals surface area contributed by atoms with Crippen molar-refractivity contribution < 1.29 is 27.6 Å². The number of halogens is 3. The van der Waals surface area contributed by atoms with Gasteiger partial charge in [-0.2, -0.15) is 18.4 Å². The van der Waals surface area contributed by atoms with Crippen LogP contribution in [0.2, 0.25) is 0 Å². The van der Waals surface area contributed by atoms with Crippen LogP contribution in [-0.2, 0) is 11.0 Å². The van der Waals surface area contributed by atoms with Crippen molar-refractivity contribution in [3.8, 4) is 11.8 Å². The lowest BCUT2D eigenvalue weighted by atomic mass is 10.1. The molecule has 0 saturated carbocycles. The molecule has 0 aliphatic heterocycles. The highest BCUT2D eigenvalue weighted by molar-refractivity contribution is 5.94. The SMILES string of the molecule is N#CCN(C(=O)COc1ccc([N+](=O)[O-])cc1C(F)(F)F)c1ccccc1. The monoisotopic (exact) mass is 379 g/mol. The number of carbonyl (C=O) groups excluding carboxylic acids is 1. The Labute approximate surface area is 151 Å². The smallest absolute Gasteiger partial charge is 0.420 e.